The summed E-state index contributed by atoms with van der Waals surface area (Å²) in [5.74, 6) is -0.439. The standard InChI is InChI=1S/C15H12ClFN2S/c16-11-8-14-13(9-12(11)17)18-15(20)19(14)7-6-10-4-2-1-3-5-10/h1-5,8-9H,6-7H2,(H,18,20). The second-order valence-corrected chi connectivity index (χ2v) is 5.39. The molecule has 102 valence electrons. The highest BCUT2D eigenvalue weighted by atomic mass is 35.5. The lowest BCUT2D eigenvalue weighted by Crippen LogP contribution is -2.01. The molecule has 1 aromatic heterocycles. The Balaban J connectivity index is 1.97. The van der Waals surface area contributed by atoms with Crippen molar-refractivity contribution in [3.8, 4) is 0 Å². The minimum Gasteiger partial charge on any atom is -0.330 e. The van der Waals surface area contributed by atoms with Crippen LogP contribution in [0.2, 0.25) is 5.02 Å². The second kappa shape index (κ2) is 5.38. The van der Waals surface area contributed by atoms with Gasteiger partial charge in [0.05, 0.1) is 16.1 Å². The van der Waals surface area contributed by atoms with E-state index in [9.17, 15) is 4.39 Å². The third-order valence-electron chi connectivity index (χ3n) is 3.28. The Morgan fingerprint density at radius 1 is 1.20 bits per heavy atom. The molecule has 0 spiro atoms. The Labute approximate surface area is 125 Å². The lowest BCUT2D eigenvalue weighted by Gasteiger charge is -2.05. The summed E-state index contributed by atoms with van der Waals surface area (Å²) in [7, 11) is 0. The number of benzene rings is 2. The van der Waals surface area contributed by atoms with E-state index < -0.39 is 5.82 Å². The lowest BCUT2D eigenvalue weighted by molar-refractivity contribution is 0.629. The summed E-state index contributed by atoms with van der Waals surface area (Å²) in [5, 5.41) is 0.111. The Morgan fingerprint density at radius 3 is 2.70 bits per heavy atom. The molecule has 2 aromatic carbocycles. The van der Waals surface area contributed by atoms with Crippen molar-refractivity contribution >= 4 is 34.9 Å². The molecule has 0 bridgehead atoms. The van der Waals surface area contributed by atoms with E-state index in [-0.39, 0.29) is 5.02 Å². The van der Waals surface area contributed by atoms with Gasteiger partial charge in [-0.25, -0.2) is 4.39 Å². The monoisotopic (exact) mass is 306 g/mol. The van der Waals surface area contributed by atoms with Crippen molar-refractivity contribution in [2.24, 2.45) is 0 Å². The topological polar surface area (TPSA) is 20.7 Å². The summed E-state index contributed by atoms with van der Waals surface area (Å²) in [4.78, 5) is 3.01. The van der Waals surface area contributed by atoms with Crippen LogP contribution in [0.4, 0.5) is 4.39 Å². The maximum Gasteiger partial charge on any atom is 0.178 e. The van der Waals surface area contributed by atoms with Crippen LogP contribution in [0.5, 0.6) is 0 Å². The molecular formula is C15H12ClFN2S. The first-order valence-corrected chi connectivity index (χ1v) is 7.05. The van der Waals surface area contributed by atoms with Crippen LogP contribution in [-0.2, 0) is 13.0 Å². The summed E-state index contributed by atoms with van der Waals surface area (Å²) >= 11 is 11.1. The Morgan fingerprint density at radius 2 is 1.95 bits per heavy atom. The number of hydrogen-bond acceptors (Lipinski definition) is 1. The van der Waals surface area contributed by atoms with Crippen molar-refractivity contribution in [3.05, 3.63) is 63.6 Å². The van der Waals surface area contributed by atoms with Gasteiger partial charge in [-0.05, 0) is 30.3 Å². The summed E-state index contributed by atoms with van der Waals surface area (Å²) in [5.41, 5.74) is 2.74. The average Bonchev–Trinajstić information content (AvgIpc) is 2.73. The van der Waals surface area contributed by atoms with E-state index in [1.165, 1.54) is 11.6 Å². The molecule has 1 N–H and O–H groups in total. The van der Waals surface area contributed by atoms with Crippen molar-refractivity contribution in [3.63, 3.8) is 0 Å². The van der Waals surface area contributed by atoms with Gasteiger partial charge in [0, 0.05) is 12.6 Å². The molecule has 0 saturated carbocycles. The van der Waals surface area contributed by atoms with E-state index in [0.717, 1.165) is 18.5 Å². The van der Waals surface area contributed by atoms with Crippen LogP contribution >= 0.6 is 23.8 Å². The summed E-state index contributed by atoms with van der Waals surface area (Å²) in [6.07, 6.45) is 0.858. The zero-order valence-electron chi connectivity index (χ0n) is 10.6. The highest BCUT2D eigenvalue weighted by molar-refractivity contribution is 7.71. The number of nitrogens with zero attached hydrogens (tertiary/aromatic N) is 1. The number of aromatic amines is 1. The molecule has 5 heteroatoms. The second-order valence-electron chi connectivity index (χ2n) is 4.60. The van der Waals surface area contributed by atoms with Gasteiger partial charge in [0.15, 0.2) is 4.77 Å². The maximum absolute atomic E-state index is 13.4. The number of H-pyrrole nitrogens is 1. The van der Waals surface area contributed by atoms with E-state index in [2.05, 4.69) is 17.1 Å². The van der Waals surface area contributed by atoms with Gasteiger partial charge in [0.2, 0.25) is 0 Å². The minimum absolute atomic E-state index is 0.111. The van der Waals surface area contributed by atoms with E-state index in [4.69, 9.17) is 23.8 Å². The molecule has 0 atom stereocenters. The van der Waals surface area contributed by atoms with Crippen molar-refractivity contribution in [2.45, 2.75) is 13.0 Å². The van der Waals surface area contributed by atoms with Gasteiger partial charge in [-0.15, -0.1) is 0 Å². The van der Waals surface area contributed by atoms with Gasteiger partial charge in [-0.2, -0.15) is 0 Å². The van der Waals surface area contributed by atoms with Gasteiger partial charge in [-0.1, -0.05) is 41.9 Å². The van der Waals surface area contributed by atoms with E-state index in [1.54, 1.807) is 6.07 Å². The van der Waals surface area contributed by atoms with Crippen LogP contribution in [0.3, 0.4) is 0 Å². The van der Waals surface area contributed by atoms with Crippen molar-refractivity contribution in [1.29, 1.82) is 0 Å². The smallest absolute Gasteiger partial charge is 0.178 e. The molecule has 0 radical (unpaired) electrons. The Bertz CT molecular complexity index is 808. The SMILES string of the molecule is Fc1cc2[nH]c(=S)n(CCc3ccccc3)c2cc1Cl. The molecule has 20 heavy (non-hydrogen) atoms. The molecule has 0 fully saturated rings. The maximum atomic E-state index is 13.4. The number of halogens is 2. The zero-order chi connectivity index (χ0) is 14.1. The average molecular weight is 307 g/mol. The number of rotatable bonds is 3. The molecule has 0 aliphatic rings. The Hall–Kier alpha value is -1.65. The minimum atomic E-state index is -0.439. The Kier molecular flexibility index (Phi) is 3.59. The molecule has 3 rings (SSSR count). The third-order valence-corrected chi connectivity index (χ3v) is 3.90. The molecule has 0 saturated heterocycles. The quantitative estimate of drug-likeness (QED) is 0.694. The molecule has 0 unspecified atom stereocenters. The summed E-state index contributed by atoms with van der Waals surface area (Å²) < 4.78 is 16.0. The predicted octanol–water partition coefficient (Wildman–Crippen LogP) is 4.73. The van der Waals surface area contributed by atoms with E-state index in [0.29, 0.717) is 10.3 Å². The number of nitrogens with one attached hydrogen (secondary N) is 1. The van der Waals surface area contributed by atoms with Crippen LogP contribution < -0.4 is 0 Å². The predicted molar refractivity (Wildman–Crippen MR) is 82.2 cm³/mol. The number of aromatic nitrogens is 2. The molecule has 3 aromatic rings. The van der Waals surface area contributed by atoms with Crippen LogP contribution in [0.1, 0.15) is 5.56 Å². The third kappa shape index (κ3) is 2.49. The first-order valence-electron chi connectivity index (χ1n) is 6.26. The fourth-order valence-electron chi connectivity index (χ4n) is 2.26. The number of imidazole rings is 1. The van der Waals surface area contributed by atoms with Crippen molar-refractivity contribution in [1.82, 2.24) is 9.55 Å². The lowest BCUT2D eigenvalue weighted by atomic mass is 10.1. The van der Waals surface area contributed by atoms with Crippen LogP contribution in [0, 0.1) is 10.6 Å². The molecule has 0 aliphatic carbocycles. The molecule has 2 nitrogen and oxygen atoms in total. The molecule has 0 amide bonds. The van der Waals surface area contributed by atoms with Crippen molar-refractivity contribution in [2.75, 3.05) is 0 Å². The number of aryl methyl sites for hydroxylation is 2. The molecule has 1 heterocycles. The van der Waals surface area contributed by atoms with Crippen molar-refractivity contribution < 1.29 is 4.39 Å². The summed E-state index contributed by atoms with van der Waals surface area (Å²) in [6.45, 7) is 0.727. The zero-order valence-corrected chi connectivity index (χ0v) is 12.1. The largest absolute Gasteiger partial charge is 0.330 e. The van der Waals surface area contributed by atoms with E-state index >= 15 is 0 Å². The summed E-state index contributed by atoms with van der Waals surface area (Å²) in [6, 6.07) is 13.2. The van der Waals surface area contributed by atoms with Crippen LogP contribution in [0.15, 0.2) is 42.5 Å². The number of fused-ring (bicyclic) bond motifs is 1. The normalized spacial score (nSPS) is 11.1. The van der Waals surface area contributed by atoms with Gasteiger partial charge in [0.1, 0.15) is 5.82 Å². The van der Waals surface area contributed by atoms with Gasteiger partial charge >= 0.3 is 0 Å². The van der Waals surface area contributed by atoms with Gasteiger partial charge in [0.25, 0.3) is 0 Å². The van der Waals surface area contributed by atoms with Crippen LogP contribution in [-0.4, -0.2) is 9.55 Å². The fraction of sp³-hybridized carbons (Fsp3) is 0.133. The first kappa shape index (κ1) is 13.3. The molecule has 0 aliphatic heterocycles. The van der Waals surface area contributed by atoms with Gasteiger partial charge < -0.3 is 9.55 Å². The van der Waals surface area contributed by atoms with E-state index in [1.807, 2.05) is 22.8 Å². The fourth-order valence-corrected chi connectivity index (χ4v) is 2.72. The first-order chi connectivity index (χ1) is 9.65. The number of hydrogen-bond donors (Lipinski definition) is 1. The highest BCUT2D eigenvalue weighted by Gasteiger charge is 2.09. The molecular weight excluding hydrogens is 295 g/mol. The van der Waals surface area contributed by atoms with Gasteiger partial charge in [-0.3, -0.25) is 0 Å². The van der Waals surface area contributed by atoms with Crippen LogP contribution in [0.25, 0.3) is 11.0 Å². The highest BCUT2D eigenvalue weighted by Crippen LogP contribution is 2.23.